The number of piperazine rings is 1. The van der Waals surface area contributed by atoms with Gasteiger partial charge in [0, 0.05) is 46.9 Å². The predicted molar refractivity (Wildman–Crippen MR) is 91.3 cm³/mol. The van der Waals surface area contributed by atoms with Gasteiger partial charge in [-0.2, -0.15) is 0 Å². The number of rotatable bonds is 5. The molecule has 7 heteroatoms. The highest BCUT2D eigenvalue weighted by molar-refractivity contribution is 5.82. The normalized spacial score (nSPS) is 16.0. The average Bonchev–Trinajstić information content (AvgIpc) is 2.61. The molecule has 1 aliphatic heterocycles. The molecule has 2 N–H and O–H groups in total. The maximum Gasteiger partial charge on any atom is 0.320 e. The second-order valence-corrected chi connectivity index (χ2v) is 6.00. The Morgan fingerprint density at radius 3 is 2.33 bits per heavy atom. The Labute approximate surface area is 142 Å². The molecule has 0 saturated carbocycles. The Morgan fingerprint density at radius 1 is 1.17 bits per heavy atom. The minimum Gasteiger partial charge on any atom is -0.383 e. The maximum atomic E-state index is 12.5. The number of carbonyl (C=O) groups is 2. The molecule has 3 amide bonds. The smallest absolute Gasteiger partial charge is 0.320 e. The molecule has 2 rings (SSSR count). The molecule has 0 radical (unpaired) electrons. The van der Waals surface area contributed by atoms with Crippen molar-refractivity contribution in [3.8, 4) is 0 Å². The fourth-order valence-electron chi connectivity index (χ4n) is 2.77. The van der Waals surface area contributed by atoms with Crippen LogP contribution in [0.2, 0.25) is 0 Å². The minimum atomic E-state index is -0.641. The van der Waals surface area contributed by atoms with E-state index in [1.165, 1.54) is 7.11 Å². The molecule has 132 valence electrons. The first-order valence-electron chi connectivity index (χ1n) is 8.10. The molecule has 1 heterocycles. The van der Waals surface area contributed by atoms with Crippen molar-refractivity contribution in [1.82, 2.24) is 14.7 Å². The molecule has 1 aliphatic rings. The Kier molecular flexibility index (Phi) is 6.57. The number of urea groups is 1. The Morgan fingerprint density at radius 2 is 1.75 bits per heavy atom. The van der Waals surface area contributed by atoms with Crippen LogP contribution in [0.5, 0.6) is 0 Å². The van der Waals surface area contributed by atoms with E-state index in [-0.39, 0.29) is 18.5 Å². The van der Waals surface area contributed by atoms with Gasteiger partial charge < -0.3 is 25.2 Å². The Bertz CT molecular complexity index is 544. The van der Waals surface area contributed by atoms with Gasteiger partial charge in [-0.3, -0.25) is 4.79 Å². The predicted octanol–water partition coefficient (Wildman–Crippen LogP) is 0.356. The molecule has 0 aromatic heterocycles. The number of carbonyl (C=O) groups excluding carboxylic acids is 2. The number of amides is 3. The second-order valence-electron chi connectivity index (χ2n) is 6.00. The van der Waals surface area contributed by atoms with Crippen LogP contribution in [0.1, 0.15) is 5.56 Å². The Balaban J connectivity index is 1.83. The molecule has 7 nitrogen and oxygen atoms in total. The summed E-state index contributed by atoms with van der Waals surface area (Å²) in [6.07, 6.45) is 0. The van der Waals surface area contributed by atoms with E-state index in [0.717, 1.165) is 5.56 Å². The van der Waals surface area contributed by atoms with Gasteiger partial charge in [0.1, 0.15) is 6.04 Å². The number of nitrogens with zero attached hydrogens (tertiary/aromatic N) is 3. The first-order chi connectivity index (χ1) is 11.5. The third-order valence-electron chi connectivity index (χ3n) is 4.11. The summed E-state index contributed by atoms with van der Waals surface area (Å²) in [6.45, 7) is 2.81. The summed E-state index contributed by atoms with van der Waals surface area (Å²) in [7, 11) is 3.31. The van der Waals surface area contributed by atoms with Crippen molar-refractivity contribution in [2.45, 2.75) is 12.6 Å². The van der Waals surface area contributed by atoms with Crippen LogP contribution in [0.3, 0.4) is 0 Å². The van der Waals surface area contributed by atoms with E-state index in [4.69, 9.17) is 10.5 Å². The standard InChI is InChI=1S/C17H26N4O3/c1-19(12-14-6-4-3-5-7-14)17(23)21-10-8-20(9-11-21)16(22)15(18)13-24-2/h3-7,15H,8-13,18H2,1-2H3. The summed E-state index contributed by atoms with van der Waals surface area (Å²) >= 11 is 0. The zero-order valence-electron chi connectivity index (χ0n) is 14.4. The highest BCUT2D eigenvalue weighted by Gasteiger charge is 2.28. The van der Waals surface area contributed by atoms with E-state index in [9.17, 15) is 9.59 Å². The van der Waals surface area contributed by atoms with Gasteiger partial charge in [0.15, 0.2) is 0 Å². The summed E-state index contributed by atoms with van der Waals surface area (Å²) in [4.78, 5) is 29.8. The lowest BCUT2D eigenvalue weighted by Gasteiger charge is -2.37. The van der Waals surface area contributed by atoms with Gasteiger partial charge in [-0.25, -0.2) is 4.79 Å². The van der Waals surface area contributed by atoms with Crippen LogP contribution < -0.4 is 5.73 Å². The number of benzene rings is 1. The number of nitrogens with two attached hydrogens (primary N) is 1. The summed E-state index contributed by atoms with van der Waals surface area (Å²) in [5.74, 6) is -0.124. The summed E-state index contributed by atoms with van der Waals surface area (Å²) in [5, 5.41) is 0. The molecule has 1 unspecified atom stereocenters. The average molecular weight is 334 g/mol. The molecule has 1 aromatic carbocycles. The van der Waals surface area contributed by atoms with Crippen molar-refractivity contribution in [3.63, 3.8) is 0 Å². The maximum absolute atomic E-state index is 12.5. The number of hydrogen-bond donors (Lipinski definition) is 1. The SMILES string of the molecule is COCC(N)C(=O)N1CCN(C(=O)N(C)Cc2ccccc2)CC1. The van der Waals surface area contributed by atoms with E-state index in [1.807, 2.05) is 30.3 Å². The lowest BCUT2D eigenvalue weighted by atomic mass is 10.2. The highest BCUT2D eigenvalue weighted by Crippen LogP contribution is 2.09. The zero-order chi connectivity index (χ0) is 17.5. The van der Waals surface area contributed by atoms with Gasteiger partial charge in [0.2, 0.25) is 5.91 Å². The minimum absolute atomic E-state index is 0.0212. The second kappa shape index (κ2) is 8.65. The van der Waals surface area contributed by atoms with Crippen LogP contribution in [0.15, 0.2) is 30.3 Å². The molecule has 0 bridgehead atoms. The van der Waals surface area contributed by atoms with Gasteiger partial charge in [-0.1, -0.05) is 30.3 Å². The first-order valence-corrected chi connectivity index (χ1v) is 8.10. The fourth-order valence-corrected chi connectivity index (χ4v) is 2.77. The van der Waals surface area contributed by atoms with E-state index in [1.54, 1.807) is 21.7 Å². The van der Waals surface area contributed by atoms with E-state index in [0.29, 0.717) is 32.7 Å². The van der Waals surface area contributed by atoms with Gasteiger partial charge in [-0.05, 0) is 5.56 Å². The largest absolute Gasteiger partial charge is 0.383 e. The molecular weight excluding hydrogens is 308 g/mol. The number of ether oxygens (including phenoxy) is 1. The third-order valence-corrected chi connectivity index (χ3v) is 4.11. The van der Waals surface area contributed by atoms with E-state index >= 15 is 0 Å². The van der Waals surface area contributed by atoms with Crippen molar-refractivity contribution in [2.24, 2.45) is 5.73 Å². The van der Waals surface area contributed by atoms with E-state index in [2.05, 4.69) is 0 Å². The fraction of sp³-hybridized carbons (Fsp3) is 0.529. The highest BCUT2D eigenvalue weighted by atomic mass is 16.5. The molecule has 0 aliphatic carbocycles. The van der Waals surface area contributed by atoms with Crippen molar-refractivity contribution >= 4 is 11.9 Å². The lowest BCUT2D eigenvalue weighted by Crippen LogP contribution is -2.56. The Hall–Kier alpha value is -2.12. The summed E-state index contributed by atoms with van der Waals surface area (Å²) in [6, 6.07) is 9.21. The molecule has 0 spiro atoms. The van der Waals surface area contributed by atoms with Gasteiger partial charge in [-0.15, -0.1) is 0 Å². The number of methoxy groups -OCH3 is 1. The van der Waals surface area contributed by atoms with E-state index < -0.39 is 6.04 Å². The first kappa shape index (κ1) is 18.2. The van der Waals surface area contributed by atoms with Crippen LogP contribution in [-0.2, 0) is 16.1 Å². The van der Waals surface area contributed by atoms with Crippen LogP contribution in [0, 0.1) is 0 Å². The molecule has 1 fully saturated rings. The van der Waals surface area contributed by atoms with Gasteiger partial charge in [0.05, 0.1) is 6.61 Å². The molecule has 24 heavy (non-hydrogen) atoms. The summed E-state index contributed by atoms with van der Waals surface area (Å²) in [5.41, 5.74) is 6.87. The topological polar surface area (TPSA) is 79.1 Å². The summed E-state index contributed by atoms with van der Waals surface area (Å²) < 4.78 is 4.92. The molecule has 1 saturated heterocycles. The zero-order valence-corrected chi connectivity index (χ0v) is 14.4. The lowest BCUT2D eigenvalue weighted by molar-refractivity contribution is -0.135. The molecule has 1 atom stereocenters. The van der Waals surface area contributed by atoms with Crippen molar-refractivity contribution in [1.29, 1.82) is 0 Å². The van der Waals surface area contributed by atoms with Crippen LogP contribution in [0.25, 0.3) is 0 Å². The van der Waals surface area contributed by atoms with Crippen LogP contribution >= 0.6 is 0 Å². The van der Waals surface area contributed by atoms with Gasteiger partial charge >= 0.3 is 6.03 Å². The monoisotopic (exact) mass is 334 g/mol. The quantitative estimate of drug-likeness (QED) is 0.843. The van der Waals surface area contributed by atoms with Crippen LogP contribution in [0.4, 0.5) is 4.79 Å². The van der Waals surface area contributed by atoms with Gasteiger partial charge in [0.25, 0.3) is 0 Å². The van der Waals surface area contributed by atoms with Crippen molar-refractivity contribution in [3.05, 3.63) is 35.9 Å². The molecule has 1 aromatic rings. The van der Waals surface area contributed by atoms with Crippen LogP contribution in [-0.4, -0.2) is 79.6 Å². The number of hydrogen-bond acceptors (Lipinski definition) is 4. The molecular formula is C17H26N4O3. The third kappa shape index (κ3) is 4.69. The van der Waals surface area contributed by atoms with Crippen molar-refractivity contribution in [2.75, 3.05) is 46.9 Å². The van der Waals surface area contributed by atoms with Crippen molar-refractivity contribution < 1.29 is 14.3 Å².